The Balaban J connectivity index is 2.93. The smallest absolute Gasteiger partial charge is 0.0675 e. The molecule has 0 saturated heterocycles. The quantitative estimate of drug-likeness (QED) is 0.534. The van der Waals surface area contributed by atoms with Gasteiger partial charge in [-0.1, -0.05) is 11.6 Å². The topological polar surface area (TPSA) is 38.4 Å². The van der Waals surface area contributed by atoms with E-state index in [2.05, 4.69) is 4.99 Å². The van der Waals surface area contributed by atoms with Crippen LogP contribution in [0, 0.1) is 0 Å². The molecule has 0 amide bonds. The van der Waals surface area contributed by atoms with Gasteiger partial charge in [-0.25, -0.2) is 0 Å². The average molecular weight is 136 g/mol. The molecule has 54 valence electrons. The first-order valence-electron chi connectivity index (χ1n) is 3.29. The summed E-state index contributed by atoms with van der Waals surface area (Å²) in [5.41, 5.74) is 6.58. The van der Waals surface area contributed by atoms with Crippen molar-refractivity contribution in [2.24, 2.45) is 10.7 Å². The molecular weight excluding hydrogens is 124 g/mol. The molecule has 0 radical (unpaired) electrons. The van der Waals surface area contributed by atoms with E-state index in [-0.39, 0.29) is 5.54 Å². The lowest BCUT2D eigenvalue weighted by Gasteiger charge is -2.12. The van der Waals surface area contributed by atoms with Gasteiger partial charge in [0.25, 0.3) is 0 Å². The zero-order chi connectivity index (χ0) is 7.61. The van der Waals surface area contributed by atoms with Crippen molar-refractivity contribution in [3.05, 3.63) is 23.9 Å². The molecule has 1 aliphatic heterocycles. The van der Waals surface area contributed by atoms with Gasteiger partial charge in [0.2, 0.25) is 0 Å². The molecule has 1 heterocycles. The lowest BCUT2D eigenvalue weighted by molar-refractivity contribution is 0.796. The van der Waals surface area contributed by atoms with Crippen molar-refractivity contribution >= 4 is 6.21 Å². The molecule has 10 heavy (non-hydrogen) atoms. The van der Waals surface area contributed by atoms with Crippen LogP contribution in [0.2, 0.25) is 0 Å². The van der Waals surface area contributed by atoms with Gasteiger partial charge in [-0.2, -0.15) is 0 Å². The van der Waals surface area contributed by atoms with Crippen LogP contribution in [0.4, 0.5) is 0 Å². The molecule has 0 aromatic carbocycles. The molecule has 0 aromatic rings. The fraction of sp³-hybridized carbons (Fsp3) is 0.375. The average Bonchev–Trinajstić information content (AvgIpc) is 1.90. The van der Waals surface area contributed by atoms with Crippen molar-refractivity contribution in [3.8, 4) is 0 Å². The maximum atomic E-state index is 5.80. The van der Waals surface area contributed by atoms with Gasteiger partial charge in [0, 0.05) is 12.4 Å². The lowest BCUT2D eigenvalue weighted by atomic mass is 10.0. The molecule has 0 fully saturated rings. The molecular formula is C8H12N2. The molecule has 0 spiro atoms. The fourth-order valence-corrected chi connectivity index (χ4v) is 0.940. The Morgan fingerprint density at radius 3 is 3.00 bits per heavy atom. The number of aliphatic imine (C=N–C) groups is 1. The van der Waals surface area contributed by atoms with Gasteiger partial charge in [0.15, 0.2) is 0 Å². The van der Waals surface area contributed by atoms with E-state index < -0.39 is 0 Å². The van der Waals surface area contributed by atoms with E-state index in [0.717, 1.165) is 5.57 Å². The van der Waals surface area contributed by atoms with Crippen molar-refractivity contribution in [2.75, 3.05) is 0 Å². The van der Waals surface area contributed by atoms with Gasteiger partial charge in [0.05, 0.1) is 5.54 Å². The Labute approximate surface area is 61.1 Å². The predicted molar refractivity (Wildman–Crippen MR) is 44.0 cm³/mol. The zero-order valence-electron chi connectivity index (χ0n) is 6.33. The first-order valence-corrected chi connectivity index (χ1v) is 3.29. The summed E-state index contributed by atoms with van der Waals surface area (Å²) in [6.45, 7) is 3.93. The van der Waals surface area contributed by atoms with Crippen LogP contribution >= 0.6 is 0 Å². The summed E-state index contributed by atoms with van der Waals surface area (Å²) in [5.74, 6) is 0. The van der Waals surface area contributed by atoms with Crippen LogP contribution in [-0.4, -0.2) is 11.8 Å². The second-order valence-electron chi connectivity index (χ2n) is 2.85. The van der Waals surface area contributed by atoms with Crippen LogP contribution in [0.15, 0.2) is 28.9 Å². The molecule has 1 unspecified atom stereocenters. The van der Waals surface area contributed by atoms with E-state index in [1.165, 1.54) is 0 Å². The van der Waals surface area contributed by atoms with Crippen LogP contribution in [0.1, 0.15) is 13.8 Å². The minimum absolute atomic E-state index is 0.381. The standard InChI is InChI=1S/C8H12N2/c1-7-3-4-10-6-8(2,9)5-7/h3-6H,9H2,1-2H3. The second kappa shape index (κ2) is 2.39. The fourth-order valence-electron chi connectivity index (χ4n) is 0.940. The van der Waals surface area contributed by atoms with E-state index >= 15 is 0 Å². The molecule has 0 aliphatic carbocycles. The molecule has 2 nitrogen and oxygen atoms in total. The van der Waals surface area contributed by atoms with E-state index in [4.69, 9.17) is 5.73 Å². The largest absolute Gasteiger partial charge is 0.318 e. The summed E-state index contributed by atoms with van der Waals surface area (Å²) in [5, 5.41) is 0. The van der Waals surface area contributed by atoms with Crippen LogP contribution in [-0.2, 0) is 0 Å². The minimum atomic E-state index is -0.381. The Morgan fingerprint density at radius 1 is 1.60 bits per heavy atom. The van der Waals surface area contributed by atoms with Crippen LogP contribution in [0.25, 0.3) is 0 Å². The maximum Gasteiger partial charge on any atom is 0.0675 e. The van der Waals surface area contributed by atoms with E-state index in [9.17, 15) is 0 Å². The third-order valence-electron chi connectivity index (χ3n) is 1.31. The van der Waals surface area contributed by atoms with Crippen molar-refractivity contribution in [1.82, 2.24) is 0 Å². The number of rotatable bonds is 0. The van der Waals surface area contributed by atoms with Crippen LogP contribution in [0.3, 0.4) is 0 Å². The first-order chi connectivity index (χ1) is 4.60. The van der Waals surface area contributed by atoms with E-state index in [1.807, 2.05) is 26.0 Å². The summed E-state index contributed by atoms with van der Waals surface area (Å²) in [6.07, 6.45) is 7.42. The Morgan fingerprint density at radius 2 is 2.30 bits per heavy atom. The number of allylic oxidation sites excluding steroid dienone is 2. The highest BCUT2D eigenvalue weighted by Crippen LogP contribution is 2.07. The number of hydrogen-bond acceptors (Lipinski definition) is 2. The van der Waals surface area contributed by atoms with Gasteiger partial charge in [0.1, 0.15) is 0 Å². The van der Waals surface area contributed by atoms with Crippen molar-refractivity contribution < 1.29 is 0 Å². The molecule has 0 saturated carbocycles. The number of hydrogen-bond donors (Lipinski definition) is 1. The van der Waals surface area contributed by atoms with Gasteiger partial charge < -0.3 is 5.73 Å². The van der Waals surface area contributed by atoms with Gasteiger partial charge >= 0.3 is 0 Å². The predicted octanol–water partition coefficient (Wildman–Crippen LogP) is 1.25. The van der Waals surface area contributed by atoms with Gasteiger partial charge in [-0.3, -0.25) is 4.99 Å². The molecule has 2 N–H and O–H groups in total. The first kappa shape index (κ1) is 7.22. The molecule has 0 aromatic heterocycles. The Bertz CT molecular complexity index is 209. The molecule has 1 aliphatic rings. The SMILES string of the molecule is CC1=CC(C)(N)C=NC=C1. The summed E-state index contributed by atoms with van der Waals surface area (Å²) >= 11 is 0. The lowest BCUT2D eigenvalue weighted by Crippen LogP contribution is -2.35. The normalized spacial score (nSPS) is 31.7. The highest BCUT2D eigenvalue weighted by atomic mass is 14.8. The van der Waals surface area contributed by atoms with Gasteiger partial charge in [-0.15, -0.1) is 0 Å². The Kier molecular flexibility index (Phi) is 1.72. The summed E-state index contributed by atoms with van der Waals surface area (Å²) in [7, 11) is 0. The van der Waals surface area contributed by atoms with Crippen LogP contribution < -0.4 is 5.73 Å². The molecule has 1 rings (SSSR count). The van der Waals surface area contributed by atoms with Crippen LogP contribution in [0.5, 0.6) is 0 Å². The van der Waals surface area contributed by atoms with E-state index in [1.54, 1.807) is 12.4 Å². The Hall–Kier alpha value is -0.890. The monoisotopic (exact) mass is 136 g/mol. The van der Waals surface area contributed by atoms with Crippen molar-refractivity contribution in [2.45, 2.75) is 19.4 Å². The summed E-state index contributed by atoms with van der Waals surface area (Å²) in [4.78, 5) is 3.99. The number of nitrogens with zero attached hydrogens (tertiary/aromatic N) is 1. The summed E-state index contributed by atoms with van der Waals surface area (Å²) in [6, 6.07) is 0. The van der Waals surface area contributed by atoms with Crippen molar-refractivity contribution in [3.63, 3.8) is 0 Å². The van der Waals surface area contributed by atoms with Gasteiger partial charge in [-0.05, 0) is 19.9 Å². The molecule has 2 heteroatoms. The zero-order valence-corrected chi connectivity index (χ0v) is 6.33. The maximum absolute atomic E-state index is 5.80. The molecule has 0 bridgehead atoms. The van der Waals surface area contributed by atoms with Crippen molar-refractivity contribution in [1.29, 1.82) is 0 Å². The molecule has 1 atom stereocenters. The number of nitrogens with two attached hydrogens (primary N) is 1. The summed E-state index contributed by atoms with van der Waals surface area (Å²) < 4.78 is 0. The third kappa shape index (κ3) is 1.81. The highest BCUT2D eigenvalue weighted by Gasteiger charge is 2.11. The minimum Gasteiger partial charge on any atom is -0.318 e. The third-order valence-corrected chi connectivity index (χ3v) is 1.31. The van der Waals surface area contributed by atoms with E-state index in [0.29, 0.717) is 0 Å². The highest BCUT2D eigenvalue weighted by molar-refractivity contribution is 5.74. The second-order valence-corrected chi connectivity index (χ2v) is 2.85.